The zero-order chi connectivity index (χ0) is 15.5. The largest absolute Gasteiger partial charge is 0.352 e. The van der Waals surface area contributed by atoms with Gasteiger partial charge in [-0.25, -0.2) is 4.98 Å². The number of carbonyl (C=O) groups is 1. The molecule has 0 bridgehead atoms. The van der Waals surface area contributed by atoms with Crippen LogP contribution >= 0.6 is 0 Å². The Hall–Kier alpha value is -3.40. The third-order valence-electron chi connectivity index (χ3n) is 3.07. The van der Waals surface area contributed by atoms with E-state index in [0.717, 1.165) is 5.56 Å². The Kier molecular flexibility index (Phi) is 3.42. The number of nitrogens with zero attached hydrogens (tertiary/aromatic N) is 4. The van der Waals surface area contributed by atoms with Gasteiger partial charge in [0.25, 0.3) is 5.91 Å². The van der Waals surface area contributed by atoms with Gasteiger partial charge in [0.1, 0.15) is 18.1 Å². The molecule has 0 aliphatic rings. The maximum absolute atomic E-state index is 12.0. The number of hydrogen-bond donors (Lipinski definition) is 2. The maximum Gasteiger partial charge on any atom is 0.257 e. The number of anilines is 1. The minimum atomic E-state index is -0.276. The van der Waals surface area contributed by atoms with Gasteiger partial charge in [-0.3, -0.25) is 9.48 Å². The first kappa shape index (κ1) is 13.6. The lowest BCUT2D eigenvalue weighted by Crippen LogP contribution is -2.10. The zero-order valence-corrected chi connectivity index (χ0v) is 11.7. The van der Waals surface area contributed by atoms with Crippen molar-refractivity contribution in [3.8, 4) is 17.5 Å². The fraction of sp³-hybridized carbons (Fsp3) is 0.0667. The monoisotopic (exact) mass is 292 g/mol. The van der Waals surface area contributed by atoms with Crippen molar-refractivity contribution in [2.75, 3.05) is 5.32 Å². The number of benzene rings is 1. The summed E-state index contributed by atoms with van der Waals surface area (Å²) in [4.78, 5) is 18.9. The summed E-state index contributed by atoms with van der Waals surface area (Å²) in [7, 11) is 1.80. The number of amides is 1. The molecule has 7 nitrogen and oxygen atoms in total. The van der Waals surface area contributed by atoms with Gasteiger partial charge in [0.2, 0.25) is 0 Å². The smallest absolute Gasteiger partial charge is 0.257 e. The molecule has 0 radical (unpaired) electrons. The van der Waals surface area contributed by atoms with Gasteiger partial charge >= 0.3 is 0 Å². The van der Waals surface area contributed by atoms with Crippen LogP contribution in [0.5, 0.6) is 0 Å². The number of aromatic amines is 1. The highest BCUT2D eigenvalue weighted by atomic mass is 16.1. The summed E-state index contributed by atoms with van der Waals surface area (Å²) in [5.74, 6) is 0.353. The van der Waals surface area contributed by atoms with E-state index in [2.05, 4.69) is 20.4 Å². The maximum atomic E-state index is 12.0. The van der Waals surface area contributed by atoms with Gasteiger partial charge in [-0.05, 0) is 30.3 Å². The first-order valence-electron chi connectivity index (χ1n) is 6.51. The SMILES string of the molecule is Cn1cnc(-c2ccc(NC(=O)c3c[nH]c(C#N)c3)cc2)n1. The second kappa shape index (κ2) is 5.54. The van der Waals surface area contributed by atoms with Crippen molar-refractivity contribution in [1.82, 2.24) is 19.7 Å². The predicted octanol–water partition coefficient (Wildman–Crippen LogP) is 1.93. The lowest BCUT2D eigenvalue weighted by Gasteiger charge is -2.04. The Balaban J connectivity index is 1.73. The molecule has 2 heterocycles. The number of H-pyrrole nitrogens is 1. The Morgan fingerprint density at radius 2 is 2.14 bits per heavy atom. The molecule has 1 amide bonds. The molecule has 0 aliphatic heterocycles. The normalized spacial score (nSPS) is 10.2. The van der Waals surface area contributed by atoms with E-state index in [0.29, 0.717) is 22.8 Å². The molecule has 2 aromatic heterocycles. The molecule has 3 rings (SSSR count). The molecule has 2 N–H and O–H groups in total. The van der Waals surface area contributed by atoms with Crippen molar-refractivity contribution < 1.29 is 4.79 Å². The van der Waals surface area contributed by atoms with E-state index in [1.165, 1.54) is 12.3 Å². The summed E-state index contributed by atoms with van der Waals surface area (Å²) < 4.78 is 1.63. The van der Waals surface area contributed by atoms with Crippen LogP contribution in [0.4, 0.5) is 5.69 Å². The average Bonchev–Trinajstić information content (AvgIpc) is 3.17. The second-order valence-electron chi connectivity index (χ2n) is 4.69. The number of nitriles is 1. The fourth-order valence-electron chi connectivity index (χ4n) is 1.97. The highest BCUT2D eigenvalue weighted by Crippen LogP contribution is 2.18. The molecular formula is C15H12N6O. The number of nitrogens with one attached hydrogen (secondary N) is 2. The van der Waals surface area contributed by atoms with Crippen LogP contribution in [0.3, 0.4) is 0 Å². The van der Waals surface area contributed by atoms with Crippen molar-refractivity contribution >= 4 is 11.6 Å². The van der Waals surface area contributed by atoms with Crippen molar-refractivity contribution in [2.45, 2.75) is 0 Å². The van der Waals surface area contributed by atoms with Crippen LogP contribution in [0.1, 0.15) is 16.1 Å². The number of carbonyl (C=O) groups excluding carboxylic acids is 1. The third-order valence-corrected chi connectivity index (χ3v) is 3.07. The first-order valence-corrected chi connectivity index (χ1v) is 6.51. The Bertz CT molecular complexity index is 853. The van der Waals surface area contributed by atoms with Gasteiger partial charge in [0.05, 0.1) is 5.56 Å². The van der Waals surface area contributed by atoms with E-state index in [-0.39, 0.29) is 5.91 Å². The van der Waals surface area contributed by atoms with E-state index >= 15 is 0 Å². The highest BCUT2D eigenvalue weighted by Gasteiger charge is 2.09. The summed E-state index contributed by atoms with van der Waals surface area (Å²) in [5.41, 5.74) is 2.28. The summed E-state index contributed by atoms with van der Waals surface area (Å²) in [6.45, 7) is 0. The molecule has 0 spiro atoms. The van der Waals surface area contributed by atoms with Crippen LogP contribution in [-0.2, 0) is 7.05 Å². The number of aromatic nitrogens is 4. The van der Waals surface area contributed by atoms with E-state index in [1.807, 2.05) is 18.2 Å². The van der Waals surface area contributed by atoms with Gasteiger partial charge in [-0.2, -0.15) is 10.4 Å². The van der Waals surface area contributed by atoms with Gasteiger partial charge in [0, 0.05) is 24.5 Å². The number of rotatable bonds is 3. The van der Waals surface area contributed by atoms with Crippen molar-refractivity contribution in [3.05, 3.63) is 54.1 Å². The van der Waals surface area contributed by atoms with Crippen LogP contribution < -0.4 is 5.32 Å². The molecule has 0 saturated carbocycles. The zero-order valence-electron chi connectivity index (χ0n) is 11.7. The Morgan fingerprint density at radius 3 is 2.73 bits per heavy atom. The molecule has 108 valence electrons. The first-order chi connectivity index (χ1) is 10.7. The van der Waals surface area contributed by atoms with Crippen molar-refractivity contribution in [3.63, 3.8) is 0 Å². The predicted molar refractivity (Wildman–Crippen MR) is 79.9 cm³/mol. The highest BCUT2D eigenvalue weighted by molar-refractivity contribution is 6.04. The number of hydrogen-bond acceptors (Lipinski definition) is 4. The van der Waals surface area contributed by atoms with Gasteiger partial charge < -0.3 is 10.3 Å². The van der Waals surface area contributed by atoms with E-state index < -0.39 is 0 Å². The molecule has 3 aromatic rings. The molecular weight excluding hydrogens is 280 g/mol. The molecule has 22 heavy (non-hydrogen) atoms. The summed E-state index contributed by atoms with van der Waals surface area (Å²) >= 11 is 0. The Labute approximate surface area is 126 Å². The average molecular weight is 292 g/mol. The second-order valence-corrected chi connectivity index (χ2v) is 4.69. The minimum absolute atomic E-state index is 0.276. The molecule has 0 atom stereocenters. The summed E-state index contributed by atoms with van der Waals surface area (Å²) in [6.07, 6.45) is 3.13. The van der Waals surface area contributed by atoms with Crippen LogP contribution in [0.25, 0.3) is 11.4 Å². The van der Waals surface area contributed by atoms with Crippen LogP contribution in [-0.4, -0.2) is 25.7 Å². The van der Waals surface area contributed by atoms with E-state index in [4.69, 9.17) is 5.26 Å². The van der Waals surface area contributed by atoms with Gasteiger partial charge in [-0.15, -0.1) is 0 Å². The lowest BCUT2D eigenvalue weighted by atomic mass is 10.2. The van der Waals surface area contributed by atoms with Crippen LogP contribution in [0, 0.1) is 11.3 Å². The molecule has 0 unspecified atom stereocenters. The van der Waals surface area contributed by atoms with Gasteiger partial charge in [0.15, 0.2) is 5.82 Å². The lowest BCUT2D eigenvalue weighted by molar-refractivity contribution is 0.102. The molecule has 0 saturated heterocycles. The van der Waals surface area contributed by atoms with Gasteiger partial charge in [-0.1, -0.05) is 0 Å². The van der Waals surface area contributed by atoms with E-state index in [1.54, 1.807) is 30.2 Å². The van der Waals surface area contributed by atoms with Crippen molar-refractivity contribution in [1.29, 1.82) is 5.26 Å². The quantitative estimate of drug-likeness (QED) is 0.770. The molecule has 7 heteroatoms. The van der Waals surface area contributed by atoms with E-state index in [9.17, 15) is 4.79 Å². The molecule has 0 aliphatic carbocycles. The van der Waals surface area contributed by atoms with Crippen molar-refractivity contribution in [2.24, 2.45) is 7.05 Å². The number of aryl methyl sites for hydroxylation is 1. The summed E-state index contributed by atoms with van der Waals surface area (Å²) in [6, 6.07) is 10.7. The Morgan fingerprint density at radius 1 is 1.36 bits per heavy atom. The molecule has 1 aromatic carbocycles. The fourth-order valence-corrected chi connectivity index (χ4v) is 1.97. The minimum Gasteiger partial charge on any atom is -0.352 e. The standard InChI is InChI=1S/C15H12N6O/c1-21-9-18-14(20-21)10-2-4-12(5-3-10)19-15(22)11-6-13(7-16)17-8-11/h2-6,8-9,17H,1H3,(H,19,22). The topological polar surface area (TPSA) is 99.4 Å². The summed E-state index contributed by atoms with van der Waals surface area (Å²) in [5, 5.41) is 15.7. The van der Waals surface area contributed by atoms with Crippen LogP contribution in [0.2, 0.25) is 0 Å². The third kappa shape index (κ3) is 2.71. The molecule has 0 fully saturated rings. The van der Waals surface area contributed by atoms with Crippen LogP contribution in [0.15, 0.2) is 42.9 Å².